The minimum atomic E-state index is -0.436. The van der Waals surface area contributed by atoms with Crippen LogP contribution in [0.5, 0.6) is 0 Å². The van der Waals surface area contributed by atoms with E-state index in [0.717, 1.165) is 12.8 Å². The Morgan fingerprint density at radius 1 is 1.18 bits per heavy atom. The maximum atomic E-state index is 10.8. The molecule has 0 aliphatic rings. The Morgan fingerprint density at radius 3 is 2.27 bits per heavy atom. The molecule has 11 heavy (non-hydrogen) atoms. The number of amides is 1. The van der Waals surface area contributed by atoms with Gasteiger partial charge in [0.15, 0.2) is 0 Å². The molecular formula is C8H15NO2. The van der Waals surface area contributed by atoms with Gasteiger partial charge in [-0.25, -0.2) is 0 Å². The Hall–Kier alpha value is -0.860. The first-order valence-corrected chi connectivity index (χ1v) is 4.03. The van der Waals surface area contributed by atoms with Crippen LogP contribution in [0, 0.1) is 0 Å². The van der Waals surface area contributed by atoms with E-state index in [9.17, 15) is 9.59 Å². The van der Waals surface area contributed by atoms with Gasteiger partial charge in [-0.05, 0) is 12.8 Å². The summed E-state index contributed by atoms with van der Waals surface area (Å²) < 4.78 is 0. The van der Waals surface area contributed by atoms with Gasteiger partial charge in [0.2, 0.25) is 5.78 Å². The molecule has 0 saturated carbocycles. The molecule has 0 aromatic rings. The van der Waals surface area contributed by atoms with Crippen LogP contribution in [0.4, 0.5) is 0 Å². The van der Waals surface area contributed by atoms with Crippen molar-refractivity contribution in [2.45, 2.75) is 33.1 Å². The summed E-state index contributed by atoms with van der Waals surface area (Å²) in [4.78, 5) is 21.7. The van der Waals surface area contributed by atoms with Crippen LogP contribution in [-0.2, 0) is 9.59 Å². The topological polar surface area (TPSA) is 46.2 Å². The summed E-state index contributed by atoms with van der Waals surface area (Å²) >= 11 is 0. The first-order chi connectivity index (χ1) is 5.22. The summed E-state index contributed by atoms with van der Waals surface area (Å²) in [6.07, 6.45) is 1.96. The number of Topliss-reactive ketones (excluding diaryl/α,β-unsaturated/α-hetero) is 1. The fraction of sp³-hybridized carbons (Fsp3) is 0.750. The third-order valence-electron chi connectivity index (χ3n) is 1.27. The van der Waals surface area contributed by atoms with Crippen molar-refractivity contribution in [3.05, 3.63) is 0 Å². The summed E-state index contributed by atoms with van der Waals surface area (Å²) in [6, 6.07) is 0. The average molecular weight is 157 g/mol. The van der Waals surface area contributed by atoms with Crippen molar-refractivity contribution in [1.82, 2.24) is 5.32 Å². The lowest BCUT2D eigenvalue weighted by Crippen LogP contribution is -2.31. The average Bonchev–Trinajstić information content (AvgIpc) is 2.00. The maximum absolute atomic E-state index is 10.8. The van der Waals surface area contributed by atoms with Crippen LogP contribution in [0.25, 0.3) is 0 Å². The van der Waals surface area contributed by atoms with Gasteiger partial charge in [-0.3, -0.25) is 9.59 Å². The number of hydrogen-bond acceptors (Lipinski definition) is 2. The van der Waals surface area contributed by atoms with E-state index in [0.29, 0.717) is 13.0 Å². The predicted octanol–water partition coefficient (Wildman–Crippen LogP) is 0.882. The zero-order valence-corrected chi connectivity index (χ0v) is 7.14. The van der Waals surface area contributed by atoms with Gasteiger partial charge in [0.1, 0.15) is 0 Å². The largest absolute Gasteiger partial charge is 0.350 e. The quantitative estimate of drug-likeness (QED) is 0.602. The Bertz CT molecular complexity index is 143. The summed E-state index contributed by atoms with van der Waals surface area (Å²) in [5, 5.41) is 2.53. The summed E-state index contributed by atoms with van der Waals surface area (Å²) in [5.41, 5.74) is 0. The van der Waals surface area contributed by atoms with Gasteiger partial charge in [-0.2, -0.15) is 0 Å². The molecule has 0 rings (SSSR count). The van der Waals surface area contributed by atoms with Crippen LogP contribution in [0.2, 0.25) is 0 Å². The van der Waals surface area contributed by atoms with E-state index in [1.807, 2.05) is 13.8 Å². The molecule has 0 aromatic heterocycles. The summed E-state index contributed by atoms with van der Waals surface area (Å²) in [7, 11) is 0. The molecule has 3 heteroatoms. The lowest BCUT2D eigenvalue weighted by Gasteiger charge is -1.99. The first-order valence-electron chi connectivity index (χ1n) is 4.03. The van der Waals surface area contributed by atoms with Gasteiger partial charge in [0.05, 0.1) is 0 Å². The van der Waals surface area contributed by atoms with E-state index in [4.69, 9.17) is 0 Å². The van der Waals surface area contributed by atoms with E-state index >= 15 is 0 Å². The molecule has 0 aromatic carbocycles. The third kappa shape index (κ3) is 4.53. The van der Waals surface area contributed by atoms with Crippen LogP contribution in [0.3, 0.4) is 0 Å². The Kier molecular flexibility index (Phi) is 5.43. The van der Waals surface area contributed by atoms with Gasteiger partial charge in [0.25, 0.3) is 5.91 Å². The summed E-state index contributed by atoms with van der Waals surface area (Å²) in [6.45, 7) is 4.42. The van der Waals surface area contributed by atoms with Gasteiger partial charge >= 0.3 is 0 Å². The minimum absolute atomic E-state index is 0.305. The second kappa shape index (κ2) is 5.89. The Morgan fingerprint density at radius 2 is 1.82 bits per heavy atom. The van der Waals surface area contributed by atoms with Gasteiger partial charge in [-0.1, -0.05) is 13.8 Å². The van der Waals surface area contributed by atoms with Crippen molar-refractivity contribution in [3.8, 4) is 0 Å². The van der Waals surface area contributed by atoms with Gasteiger partial charge in [-0.15, -0.1) is 0 Å². The van der Waals surface area contributed by atoms with Gasteiger partial charge < -0.3 is 5.32 Å². The number of hydrogen-bond donors (Lipinski definition) is 1. The third-order valence-corrected chi connectivity index (χ3v) is 1.27. The van der Waals surface area contributed by atoms with Gasteiger partial charge in [0, 0.05) is 13.0 Å². The van der Waals surface area contributed by atoms with E-state index in [1.165, 1.54) is 0 Å². The van der Waals surface area contributed by atoms with Crippen molar-refractivity contribution < 1.29 is 9.59 Å². The van der Waals surface area contributed by atoms with E-state index in [2.05, 4.69) is 5.32 Å². The molecule has 0 unspecified atom stereocenters. The standard InChI is InChI=1S/C8H15NO2/c1-3-5-7(10)8(11)9-6-4-2/h3-6H2,1-2H3,(H,9,11). The van der Waals surface area contributed by atoms with Crippen molar-refractivity contribution in [1.29, 1.82) is 0 Å². The number of nitrogens with one attached hydrogen (secondary N) is 1. The molecule has 0 spiro atoms. The van der Waals surface area contributed by atoms with Crippen LogP contribution in [0.15, 0.2) is 0 Å². The molecule has 1 amide bonds. The first kappa shape index (κ1) is 10.1. The van der Waals surface area contributed by atoms with Crippen molar-refractivity contribution in [3.63, 3.8) is 0 Å². The number of ketones is 1. The molecule has 0 bridgehead atoms. The molecule has 1 N–H and O–H groups in total. The molecule has 3 nitrogen and oxygen atoms in total. The number of carbonyl (C=O) groups is 2. The lowest BCUT2D eigenvalue weighted by atomic mass is 10.2. The van der Waals surface area contributed by atoms with Crippen LogP contribution < -0.4 is 5.32 Å². The smallest absolute Gasteiger partial charge is 0.287 e. The van der Waals surface area contributed by atoms with Crippen molar-refractivity contribution in [2.75, 3.05) is 6.54 Å². The highest BCUT2D eigenvalue weighted by atomic mass is 16.2. The molecule has 0 aliphatic heterocycles. The number of rotatable bonds is 5. The highest BCUT2D eigenvalue weighted by molar-refractivity contribution is 6.36. The maximum Gasteiger partial charge on any atom is 0.287 e. The van der Waals surface area contributed by atoms with E-state index in [-0.39, 0.29) is 5.78 Å². The molecule has 0 atom stereocenters. The van der Waals surface area contributed by atoms with E-state index < -0.39 is 5.91 Å². The molecule has 0 radical (unpaired) electrons. The normalized spacial score (nSPS) is 9.27. The molecule has 0 fully saturated rings. The number of carbonyl (C=O) groups excluding carboxylic acids is 2. The summed E-state index contributed by atoms with van der Waals surface area (Å²) in [5.74, 6) is -0.741. The SMILES string of the molecule is CCCNC(=O)C(=O)CCC. The van der Waals surface area contributed by atoms with Crippen molar-refractivity contribution in [2.24, 2.45) is 0 Å². The van der Waals surface area contributed by atoms with Crippen molar-refractivity contribution >= 4 is 11.7 Å². The van der Waals surface area contributed by atoms with E-state index in [1.54, 1.807) is 0 Å². The molecule has 64 valence electrons. The zero-order valence-electron chi connectivity index (χ0n) is 7.14. The highest BCUT2D eigenvalue weighted by Crippen LogP contribution is 1.88. The minimum Gasteiger partial charge on any atom is -0.350 e. The second-order valence-corrected chi connectivity index (χ2v) is 2.43. The Labute approximate surface area is 67.2 Å². The van der Waals surface area contributed by atoms with Crippen LogP contribution in [0.1, 0.15) is 33.1 Å². The molecule has 0 heterocycles. The fourth-order valence-corrected chi connectivity index (χ4v) is 0.678. The fourth-order valence-electron chi connectivity index (χ4n) is 0.678. The lowest BCUT2D eigenvalue weighted by molar-refractivity contribution is -0.137. The molecular weight excluding hydrogens is 142 g/mol. The second-order valence-electron chi connectivity index (χ2n) is 2.43. The zero-order chi connectivity index (χ0) is 8.69. The van der Waals surface area contributed by atoms with Crippen LogP contribution >= 0.6 is 0 Å². The monoisotopic (exact) mass is 157 g/mol. The Balaban J connectivity index is 3.56. The molecule has 0 aliphatic carbocycles. The predicted molar refractivity (Wildman–Crippen MR) is 43.2 cm³/mol. The highest BCUT2D eigenvalue weighted by Gasteiger charge is 2.09. The molecule has 0 saturated heterocycles. The van der Waals surface area contributed by atoms with Crippen LogP contribution in [-0.4, -0.2) is 18.2 Å².